The quantitative estimate of drug-likeness (QED) is 0.783. The zero-order valence-corrected chi connectivity index (χ0v) is 13.3. The minimum Gasteiger partial charge on any atom is -0.341 e. The van der Waals surface area contributed by atoms with Crippen molar-refractivity contribution in [2.75, 3.05) is 26.2 Å². The molecule has 1 fully saturated rings. The number of nitrogens with zero attached hydrogens (tertiary/aromatic N) is 3. The molecule has 0 unspecified atom stereocenters. The summed E-state index contributed by atoms with van der Waals surface area (Å²) in [6.07, 6.45) is 1.26. The van der Waals surface area contributed by atoms with Crippen molar-refractivity contribution in [3.8, 4) is 0 Å². The van der Waals surface area contributed by atoms with Gasteiger partial charge >= 0.3 is 0 Å². The van der Waals surface area contributed by atoms with Crippen molar-refractivity contribution < 1.29 is 9.59 Å². The van der Waals surface area contributed by atoms with Gasteiger partial charge in [0, 0.05) is 38.2 Å². The van der Waals surface area contributed by atoms with Gasteiger partial charge in [0.2, 0.25) is 5.91 Å². The molecular weight excluding hydrogens is 313 g/mol. The van der Waals surface area contributed by atoms with E-state index in [2.05, 4.69) is 4.98 Å². The second kappa shape index (κ2) is 7.09. The summed E-state index contributed by atoms with van der Waals surface area (Å²) in [5, 5.41) is 0.395. The fraction of sp³-hybridized carbons (Fsp3) is 0.500. The summed E-state index contributed by atoms with van der Waals surface area (Å²) >= 11 is 11.7. The van der Waals surface area contributed by atoms with E-state index in [9.17, 15) is 9.59 Å². The summed E-state index contributed by atoms with van der Waals surface area (Å²) in [4.78, 5) is 31.6. The second-order valence-electron chi connectivity index (χ2n) is 4.88. The van der Waals surface area contributed by atoms with Crippen LogP contribution in [0.1, 0.15) is 30.1 Å². The van der Waals surface area contributed by atoms with Gasteiger partial charge < -0.3 is 9.80 Å². The molecule has 5 nitrogen and oxygen atoms in total. The first kappa shape index (κ1) is 16.0. The maximum Gasteiger partial charge on any atom is 0.254 e. The van der Waals surface area contributed by atoms with Gasteiger partial charge in [-0.05, 0) is 18.6 Å². The highest BCUT2D eigenvalue weighted by Gasteiger charge is 2.22. The fourth-order valence-electron chi connectivity index (χ4n) is 2.36. The fourth-order valence-corrected chi connectivity index (χ4v) is 2.82. The molecule has 2 rings (SSSR count). The van der Waals surface area contributed by atoms with Gasteiger partial charge in [-0.15, -0.1) is 0 Å². The Morgan fingerprint density at radius 2 is 1.67 bits per heavy atom. The van der Waals surface area contributed by atoms with E-state index in [1.807, 2.05) is 6.92 Å². The molecule has 7 heteroatoms. The van der Waals surface area contributed by atoms with Crippen LogP contribution < -0.4 is 0 Å². The third kappa shape index (κ3) is 4.08. The SMILES string of the molecule is CCC(=O)N1CCCN(C(=O)c2cc(Cl)nc(Cl)c2)CC1. The molecule has 0 aromatic carbocycles. The monoisotopic (exact) mass is 329 g/mol. The Balaban J connectivity index is 2.08. The van der Waals surface area contributed by atoms with E-state index in [1.165, 1.54) is 12.1 Å². The normalized spacial score (nSPS) is 15.8. The number of amides is 2. The highest BCUT2D eigenvalue weighted by Crippen LogP contribution is 2.17. The van der Waals surface area contributed by atoms with Crippen LogP contribution in [0.2, 0.25) is 10.3 Å². The molecule has 0 N–H and O–H groups in total. The Kier molecular flexibility index (Phi) is 5.42. The highest BCUT2D eigenvalue weighted by molar-refractivity contribution is 6.33. The van der Waals surface area contributed by atoms with E-state index in [0.717, 1.165) is 6.42 Å². The Morgan fingerprint density at radius 1 is 1.10 bits per heavy atom. The molecule has 0 aliphatic carbocycles. The first-order valence-corrected chi connectivity index (χ1v) is 7.67. The second-order valence-corrected chi connectivity index (χ2v) is 5.66. The van der Waals surface area contributed by atoms with Gasteiger partial charge in [-0.2, -0.15) is 0 Å². The molecule has 0 spiro atoms. The molecule has 21 heavy (non-hydrogen) atoms. The lowest BCUT2D eigenvalue weighted by molar-refractivity contribution is -0.130. The summed E-state index contributed by atoms with van der Waals surface area (Å²) < 4.78 is 0. The van der Waals surface area contributed by atoms with Crippen molar-refractivity contribution in [2.45, 2.75) is 19.8 Å². The van der Waals surface area contributed by atoms with Gasteiger partial charge in [0.15, 0.2) is 0 Å². The summed E-state index contributed by atoms with van der Waals surface area (Å²) in [5.74, 6) is -0.00806. The van der Waals surface area contributed by atoms with E-state index in [-0.39, 0.29) is 22.1 Å². The van der Waals surface area contributed by atoms with Crippen LogP contribution in [0.3, 0.4) is 0 Å². The predicted molar refractivity (Wildman–Crippen MR) is 81.6 cm³/mol. The lowest BCUT2D eigenvalue weighted by Gasteiger charge is -2.22. The molecule has 1 aliphatic heterocycles. The van der Waals surface area contributed by atoms with Crippen molar-refractivity contribution >= 4 is 35.0 Å². The summed E-state index contributed by atoms with van der Waals surface area (Å²) in [6, 6.07) is 3.02. The minimum absolute atomic E-state index is 0.124. The number of halogens is 2. The van der Waals surface area contributed by atoms with E-state index in [0.29, 0.717) is 38.2 Å². The Labute approximate surface area is 133 Å². The van der Waals surface area contributed by atoms with Crippen molar-refractivity contribution in [2.24, 2.45) is 0 Å². The van der Waals surface area contributed by atoms with E-state index >= 15 is 0 Å². The number of carbonyl (C=O) groups is 2. The number of pyridine rings is 1. The first-order chi connectivity index (χ1) is 10.0. The number of aromatic nitrogens is 1. The molecule has 114 valence electrons. The lowest BCUT2D eigenvalue weighted by atomic mass is 10.2. The smallest absolute Gasteiger partial charge is 0.254 e. The summed E-state index contributed by atoms with van der Waals surface area (Å²) in [7, 11) is 0. The molecule has 1 aromatic heterocycles. The molecule has 2 heterocycles. The maximum atomic E-state index is 12.5. The van der Waals surface area contributed by atoms with Gasteiger partial charge in [-0.3, -0.25) is 9.59 Å². The van der Waals surface area contributed by atoms with Crippen molar-refractivity contribution in [3.05, 3.63) is 28.0 Å². The van der Waals surface area contributed by atoms with Crippen LogP contribution in [0.4, 0.5) is 0 Å². The van der Waals surface area contributed by atoms with Crippen LogP contribution in [0.15, 0.2) is 12.1 Å². The van der Waals surface area contributed by atoms with Crippen LogP contribution in [0.5, 0.6) is 0 Å². The van der Waals surface area contributed by atoms with Crippen LogP contribution in [-0.4, -0.2) is 52.8 Å². The van der Waals surface area contributed by atoms with E-state index < -0.39 is 0 Å². The summed E-state index contributed by atoms with van der Waals surface area (Å²) in [6.45, 7) is 4.22. The molecule has 1 aromatic rings. The van der Waals surface area contributed by atoms with Gasteiger partial charge in [-0.1, -0.05) is 30.1 Å². The molecule has 2 amide bonds. The molecule has 0 saturated carbocycles. The number of hydrogen-bond acceptors (Lipinski definition) is 3. The Hall–Kier alpha value is -1.33. The largest absolute Gasteiger partial charge is 0.341 e. The van der Waals surface area contributed by atoms with Crippen molar-refractivity contribution in [1.82, 2.24) is 14.8 Å². The Bertz CT molecular complexity index is 531. The molecular formula is C14H17Cl2N3O2. The zero-order valence-electron chi connectivity index (χ0n) is 11.8. The average molecular weight is 330 g/mol. The molecule has 0 atom stereocenters. The third-order valence-electron chi connectivity index (χ3n) is 3.45. The van der Waals surface area contributed by atoms with Gasteiger partial charge in [0.25, 0.3) is 5.91 Å². The highest BCUT2D eigenvalue weighted by atomic mass is 35.5. The van der Waals surface area contributed by atoms with Crippen molar-refractivity contribution in [1.29, 1.82) is 0 Å². The number of carbonyl (C=O) groups excluding carboxylic acids is 2. The van der Waals surface area contributed by atoms with Gasteiger partial charge in [-0.25, -0.2) is 4.98 Å². The predicted octanol–water partition coefficient (Wildman–Crippen LogP) is 2.47. The standard InChI is InChI=1S/C14H17Cl2N3O2/c1-2-13(20)18-4-3-5-19(7-6-18)14(21)10-8-11(15)17-12(16)9-10/h8-9H,2-7H2,1H3. The maximum absolute atomic E-state index is 12.5. The van der Waals surface area contributed by atoms with Crippen molar-refractivity contribution in [3.63, 3.8) is 0 Å². The number of hydrogen-bond donors (Lipinski definition) is 0. The lowest BCUT2D eigenvalue weighted by Crippen LogP contribution is -2.37. The third-order valence-corrected chi connectivity index (χ3v) is 3.84. The summed E-state index contributed by atoms with van der Waals surface area (Å²) in [5.41, 5.74) is 0.426. The van der Waals surface area contributed by atoms with Crippen LogP contribution in [-0.2, 0) is 4.79 Å². The first-order valence-electron chi connectivity index (χ1n) is 6.91. The van der Waals surface area contributed by atoms with Crippen LogP contribution in [0.25, 0.3) is 0 Å². The Morgan fingerprint density at radius 3 is 2.29 bits per heavy atom. The van der Waals surface area contributed by atoms with Gasteiger partial charge in [0.1, 0.15) is 10.3 Å². The van der Waals surface area contributed by atoms with Gasteiger partial charge in [0.05, 0.1) is 0 Å². The average Bonchev–Trinajstić information content (AvgIpc) is 2.70. The molecule has 0 radical (unpaired) electrons. The van der Waals surface area contributed by atoms with Crippen LogP contribution in [0, 0.1) is 0 Å². The molecule has 0 bridgehead atoms. The van der Waals surface area contributed by atoms with E-state index in [4.69, 9.17) is 23.2 Å². The van der Waals surface area contributed by atoms with Crippen LogP contribution >= 0.6 is 23.2 Å². The minimum atomic E-state index is -0.132. The number of rotatable bonds is 2. The molecule has 1 aliphatic rings. The molecule has 1 saturated heterocycles. The van der Waals surface area contributed by atoms with E-state index in [1.54, 1.807) is 9.80 Å². The zero-order chi connectivity index (χ0) is 15.4. The topological polar surface area (TPSA) is 53.5 Å².